The average molecular weight is 336 g/mol. The van der Waals surface area contributed by atoms with Crippen molar-refractivity contribution >= 4 is 27.7 Å². The number of rotatable bonds is 4. The van der Waals surface area contributed by atoms with Gasteiger partial charge in [0.05, 0.1) is 4.90 Å². The van der Waals surface area contributed by atoms with Crippen LogP contribution in [0.4, 0.5) is 4.39 Å². The predicted molar refractivity (Wildman–Crippen MR) is 90.4 cm³/mol. The standard InChI is InChI=1S/C17H17FO2S2/c1-12-5-4-6-13(2)17(12)21-16(18)11-14-7-9-15(10-8-14)22(3,19)20/h4-11H,1-3H3/b16-11+. The Kier molecular flexibility index (Phi) is 5.08. The van der Waals surface area contributed by atoms with Gasteiger partial charge in [-0.1, -0.05) is 42.1 Å². The fourth-order valence-electron chi connectivity index (χ4n) is 2.03. The molecule has 0 radical (unpaired) electrons. The maximum Gasteiger partial charge on any atom is 0.175 e. The van der Waals surface area contributed by atoms with Crippen molar-refractivity contribution in [1.82, 2.24) is 0 Å². The first-order chi connectivity index (χ1) is 10.3. The van der Waals surface area contributed by atoms with Crippen molar-refractivity contribution in [3.8, 4) is 0 Å². The zero-order valence-corrected chi connectivity index (χ0v) is 14.3. The third kappa shape index (κ3) is 4.21. The van der Waals surface area contributed by atoms with Crippen LogP contribution in [0.25, 0.3) is 6.08 Å². The third-order valence-electron chi connectivity index (χ3n) is 3.20. The van der Waals surface area contributed by atoms with E-state index < -0.39 is 9.84 Å². The minimum atomic E-state index is -3.23. The Morgan fingerprint density at radius 2 is 1.59 bits per heavy atom. The van der Waals surface area contributed by atoms with Crippen LogP contribution in [0.15, 0.2) is 57.4 Å². The lowest BCUT2D eigenvalue weighted by Gasteiger charge is -2.07. The number of halogens is 1. The Bertz CT molecular complexity index is 787. The van der Waals surface area contributed by atoms with Crippen molar-refractivity contribution in [3.05, 3.63) is 64.3 Å². The molecule has 2 nitrogen and oxygen atoms in total. The molecule has 0 bridgehead atoms. The second-order valence-electron chi connectivity index (χ2n) is 5.11. The Labute approximate surface area is 135 Å². The van der Waals surface area contributed by atoms with Crippen LogP contribution in [-0.2, 0) is 9.84 Å². The predicted octanol–water partition coefficient (Wildman–Crippen LogP) is 4.77. The molecule has 0 saturated heterocycles. The Morgan fingerprint density at radius 3 is 2.09 bits per heavy atom. The largest absolute Gasteiger partial charge is 0.224 e. The summed E-state index contributed by atoms with van der Waals surface area (Å²) < 4.78 is 37.0. The number of thioether (sulfide) groups is 1. The van der Waals surface area contributed by atoms with Gasteiger partial charge in [0.15, 0.2) is 15.0 Å². The Hall–Kier alpha value is -1.59. The summed E-state index contributed by atoms with van der Waals surface area (Å²) in [5, 5.41) is -0.329. The molecule has 0 aliphatic rings. The quantitative estimate of drug-likeness (QED) is 0.754. The molecule has 2 rings (SSSR count). The SMILES string of the molecule is Cc1cccc(C)c1S/C(F)=C/c1ccc(S(C)(=O)=O)cc1. The molecule has 2 aromatic rings. The lowest BCUT2D eigenvalue weighted by atomic mass is 10.2. The maximum absolute atomic E-state index is 14.2. The van der Waals surface area contributed by atoms with Crippen LogP contribution in [0.5, 0.6) is 0 Å². The second kappa shape index (κ2) is 6.67. The second-order valence-corrected chi connectivity index (χ2v) is 8.13. The van der Waals surface area contributed by atoms with E-state index in [0.717, 1.165) is 34.0 Å². The van der Waals surface area contributed by atoms with E-state index >= 15 is 0 Å². The van der Waals surface area contributed by atoms with E-state index in [1.54, 1.807) is 12.1 Å². The van der Waals surface area contributed by atoms with Gasteiger partial charge in [-0.3, -0.25) is 0 Å². The molecule has 0 N–H and O–H groups in total. The van der Waals surface area contributed by atoms with Crippen LogP contribution >= 0.6 is 11.8 Å². The Balaban J connectivity index is 2.22. The summed E-state index contributed by atoms with van der Waals surface area (Å²) in [7, 11) is -3.23. The summed E-state index contributed by atoms with van der Waals surface area (Å²) in [6.45, 7) is 3.90. The number of hydrogen-bond donors (Lipinski definition) is 0. The number of sulfone groups is 1. The Morgan fingerprint density at radius 1 is 1.05 bits per heavy atom. The minimum absolute atomic E-state index is 0.229. The molecule has 0 aliphatic carbocycles. The number of aryl methyl sites for hydroxylation is 2. The van der Waals surface area contributed by atoms with E-state index in [1.807, 2.05) is 32.0 Å². The van der Waals surface area contributed by atoms with E-state index in [9.17, 15) is 12.8 Å². The van der Waals surface area contributed by atoms with Crippen molar-refractivity contribution in [2.24, 2.45) is 0 Å². The van der Waals surface area contributed by atoms with Crippen LogP contribution < -0.4 is 0 Å². The van der Waals surface area contributed by atoms with Crippen molar-refractivity contribution in [2.45, 2.75) is 23.6 Å². The highest BCUT2D eigenvalue weighted by atomic mass is 32.2. The lowest BCUT2D eigenvalue weighted by molar-refractivity contribution is 0.602. The summed E-state index contributed by atoms with van der Waals surface area (Å²) in [5.74, 6) is 0. The van der Waals surface area contributed by atoms with Gasteiger partial charge in [0.25, 0.3) is 0 Å². The molecule has 22 heavy (non-hydrogen) atoms. The maximum atomic E-state index is 14.2. The number of benzene rings is 2. The topological polar surface area (TPSA) is 34.1 Å². The molecule has 0 amide bonds. The molecule has 0 heterocycles. The first-order valence-electron chi connectivity index (χ1n) is 6.69. The van der Waals surface area contributed by atoms with Crippen LogP contribution in [0.2, 0.25) is 0 Å². The van der Waals surface area contributed by atoms with Crippen LogP contribution in [0.1, 0.15) is 16.7 Å². The van der Waals surface area contributed by atoms with E-state index in [1.165, 1.54) is 18.2 Å². The zero-order valence-electron chi connectivity index (χ0n) is 12.6. The smallest absolute Gasteiger partial charge is 0.175 e. The molecule has 5 heteroatoms. The van der Waals surface area contributed by atoms with Crippen molar-refractivity contribution in [3.63, 3.8) is 0 Å². The van der Waals surface area contributed by atoms with Gasteiger partial charge in [0.2, 0.25) is 0 Å². The molecule has 0 spiro atoms. The third-order valence-corrected chi connectivity index (χ3v) is 5.49. The summed E-state index contributed by atoms with van der Waals surface area (Å²) in [4.78, 5) is 1.14. The molecule has 0 aromatic heterocycles. The molecular weight excluding hydrogens is 319 g/mol. The minimum Gasteiger partial charge on any atom is -0.224 e. The van der Waals surface area contributed by atoms with Crippen LogP contribution in [0, 0.1) is 13.8 Å². The molecule has 0 saturated carbocycles. The lowest BCUT2D eigenvalue weighted by Crippen LogP contribution is -1.96. The normalized spacial score (nSPS) is 12.5. The van der Waals surface area contributed by atoms with Gasteiger partial charge in [-0.2, -0.15) is 4.39 Å². The summed E-state index contributed by atoms with van der Waals surface area (Å²) in [6.07, 6.45) is 2.55. The van der Waals surface area contributed by atoms with Gasteiger partial charge >= 0.3 is 0 Å². The molecule has 0 fully saturated rings. The monoisotopic (exact) mass is 336 g/mol. The summed E-state index contributed by atoms with van der Waals surface area (Å²) in [5.41, 5.74) is 2.69. The van der Waals surface area contributed by atoms with Gasteiger partial charge < -0.3 is 0 Å². The molecule has 0 atom stereocenters. The van der Waals surface area contributed by atoms with Crippen LogP contribution in [-0.4, -0.2) is 14.7 Å². The van der Waals surface area contributed by atoms with Crippen molar-refractivity contribution in [2.75, 3.05) is 6.26 Å². The van der Waals surface area contributed by atoms with E-state index in [4.69, 9.17) is 0 Å². The fourth-order valence-corrected chi connectivity index (χ4v) is 3.51. The highest BCUT2D eigenvalue weighted by molar-refractivity contribution is 8.03. The zero-order chi connectivity index (χ0) is 16.3. The molecule has 0 unspecified atom stereocenters. The summed E-state index contributed by atoms with van der Waals surface area (Å²) in [6, 6.07) is 12.0. The molecule has 0 aliphatic heterocycles. The molecule has 2 aromatic carbocycles. The van der Waals surface area contributed by atoms with Gasteiger partial charge in [-0.05, 0) is 48.7 Å². The van der Waals surface area contributed by atoms with Gasteiger partial charge in [0, 0.05) is 11.2 Å². The highest BCUT2D eigenvalue weighted by Crippen LogP contribution is 2.34. The first kappa shape index (κ1) is 16.8. The highest BCUT2D eigenvalue weighted by Gasteiger charge is 2.08. The fraction of sp³-hybridized carbons (Fsp3) is 0.176. The van der Waals surface area contributed by atoms with E-state index in [2.05, 4.69) is 0 Å². The summed E-state index contributed by atoms with van der Waals surface area (Å²) >= 11 is 1.08. The average Bonchev–Trinajstić information content (AvgIpc) is 2.43. The van der Waals surface area contributed by atoms with Gasteiger partial charge in [0.1, 0.15) is 0 Å². The molecular formula is C17H17FO2S2. The van der Waals surface area contributed by atoms with Crippen molar-refractivity contribution < 1.29 is 12.8 Å². The van der Waals surface area contributed by atoms with Crippen LogP contribution in [0.3, 0.4) is 0 Å². The molecule has 116 valence electrons. The first-order valence-corrected chi connectivity index (χ1v) is 9.39. The van der Waals surface area contributed by atoms with Gasteiger partial charge in [-0.25, -0.2) is 8.42 Å². The van der Waals surface area contributed by atoms with Crippen molar-refractivity contribution in [1.29, 1.82) is 0 Å². The van der Waals surface area contributed by atoms with E-state index in [0.29, 0.717) is 5.56 Å². The van der Waals surface area contributed by atoms with E-state index in [-0.39, 0.29) is 10.1 Å². The number of hydrogen-bond acceptors (Lipinski definition) is 3. The van der Waals surface area contributed by atoms with Gasteiger partial charge in [-0.15, -0.1) is 0 Å².